The number of hydrogen-bond donors (Lipinski definition) is 0. The first-order valence-corrected chi connectivity index (χ1v) is 4.71. The molecular weight excluding hydrogens is 184 g/mol. The van der Waals surface area contributed by atoms with Crippen molar-refractivity contribution in [3.8, 4) is 5.75 Å². The Hall–Kier alpha value is -1.42. The van der Waals surface area contributed by atoms with Gasteiger partial charge in [-0.15, -0.1) is 0 Å². The van der Waals surface area contributed by atoms with E-state index in [2.05, 4.69) is 9.36 Å². The van der Waals surface area contributed by atoms with Gasteiger partial charge in [0.1, 0.15) is 6.61 Å². The number of hydrogen-bond acceptors (Lipinski definition) is 4. The number of ether oxygens (including phenoxy) is 1. The summed E-state index contributed by atoms with van der Waals surface area (Å²) in [4.78, 5) is 4.14. The molecule has 4 heteroatoms. The van der Waals surface area contributed by atoms with Crippen LogP contribution in [0.2, 0.25) is 0 Å². The fraction of sp³-hybridized carbons (Fsp3) is 0.111. The molecule has 3 nitrogen and oxygen atoms in total. The lowest BCUT2D eigenvalue weighted by Gasteiger charge is -2.00. The normalized spacial score (nSPS) is 9.85. The molecule has 0 saturated carbocycles. The molecule has 0 amide bonds. The topological polar surface area (TPSA) is 35.0 Å². The molecule has 0 aliphatic heterocycles. The van der Waals surface area contributed by atoms with Crippen molar-refractivity contribution < 1.29 is 4.74 Å². The molecule has 66 valence electrons. The van der Waals surface area contributed by atoms with E-state index in [0.717, 1.165) is 11.4 Å². The molecule has 2 aromatic rings. The highest BCUT2D eigenvalue weighted by Crippen LogP contribution is 2.12. The molecule has 0 atom stereocenters. The molecular formula is C9H8N2OS. The third-order valence-electron chi connectivity index (χ3n) is 1.52. The number of aromatic nitrogens is 2. The van der Waals surface area contributed by atoms with E-state index in [1.165, 1.54) is 11.5 Å². The minimum atomic E-state index is 0.499. The van der Waals surface area contributed by atoms with E-state index < -0.39 is 0 Å². The Morgan fingerprint density at radius 1 is 1.38 bits per heavy atom. The van der Waals surface area contributed by atoms with Crippen LogP contribution in [0.15, 0.2) is 36.0 Å². The van der Waals surface area contributed by atoms with Crippen LogP contribution in [-0.2, 0) is 6.61 Å². The standard InChI is InChI=1S/C9H8N2OS/c1-2-4-10-8(3-1)6-12-9-5-11-13-7-9/h1-5,7H,6H2. The molecule has 2 heterocycles. The van der Waals surface area contributed by atoms with Crippen LogP contribution < -0.4 is 4.74 Å². The summed E-state index contributed by atoms with van der Waals surface area (Å²) >= 11 is 1.38. The van der Waals surface area contributed by atoms with Crippen LogP contribution in [0.3, 0.4) is 0 Å². The smallest absolute Gasteiger partial charge is 0.150 e. The van der Waals surface area contributed by atoms with Gasteiger partial charge in [0.15, 0.2) is 5.75 Å². The minimum Gasteiger partial charge on any atom is -0.485 e. The minimum absolute atomic E-state index is 0.499. The summed E-state index contributed by atoms with van der Waals surface area (Å²) in [5, 5.41) is 1.86. The van der Waals surface area contributed by atoms with E-state index in [9.17, 15) is 0 Å². The van der Waals surface area contributed by atoms with Crippen LogP contribution in [0, 0.1) is 0 Å². The van der Waals surface area contributed by atoms with Gasteiger partial charge in [0.05, 0.1) is 17.3 Å². The average Bonchev–Trinajstić information content (AvgIpc) is 2.69. The van der Waals surface area contributed by atoms with Crippen molar-refractivity contribution in [3.05, 3.63) is 41.7 Å². The van der Waals surface area contributed by atoms with E-state index in [1.807, 2.05) is 23.6 Å². The molecule has 2 aromatic heterocycles. The maximum Gasteiger partial charge on any atom is 0.150 e. The summed E-state index contributed by atoms with van der Waals surface area (Å²) < 4.78 is 9.35. The van der Waals surface area contributed by atoms with Crippen molar-refractivity contribution in [2.45, 2.75) is 6.61 Å². The van der Waals surface area contributed by atoms with Crippen LogP contribution in [0.1, 0.15) is 5.69 Å². The lowest BCUT2D eigenvalue weighted by atomic mass is 10.4. The fourth-order valence-corrected chi connectivity index (χ4v) is 1.37. The zero-order valence-electron chi connectivity index (χ0n) is 6.88. The van der Waals surface area contributed by atoms with Crippen molar-refractivity contribution in [3.63, 3.8) is 0 Å². The maximum atomic E-state index is 5.42. The molecule has 0 bridgehead atoms. The predicted octanol–water partition coefficient (Wildman–Crippen LogP) is 2.12. The summed E-state index contributed by atoms with van der Waals surface area (Å²) in [6, 6.07) is 5.76. The van der Waals surface area contributed by atoms with Crippen LogP contribution in [-0.4, -0.2) is 9.36 Å². The van der Waals surface area contributed by atoms with E-state index in [0.29, 0.717) is 6.61 Å². The Morgan fingerprint density at radius 3 is 3.08 bits per heavy atom. The average molecular weight is 192 g/mol. The Balaban J connectivity index is 1.94. The van der Waals surface area contributed by atoms with Crippen LogP contribution in [0.5, 0.6) is 5.75 Å². The van der Waals surface area contributed by atoms with Crippen molar-refractivity contribution in [1.82, 2.24) is 9.36 Å². The third kappa shape index (κ3) is 2.26. The summed E-state index contributed by atoms with van der Waals surface area (Å²) in [7, 11) is 0. The molecule has 0 radical (unpaired) electrons. The summed E-state index contributed by atoms with van der Waals surface area (Å²) in [6.45, 7) is 0.499. The lowest BCUT2D eigenvalue weighted by Crippen LogP contribution is -1.96. The van der Waals surface area contributed by atoms with E-state index >= 15 is 0 Å². The molecule has 2 rings (SSSR count). The van der Waals surface area contributed by atoms with Crippen LogP contribution in [0.4, 0.5) is 0 Å². The quantitative estimate of drug-likeness (QED) is 0.747. The molecule has 0 saturated heterocycles. The number of pyridine rings is 1. The van der Waals surface area contributed by atoms with Crippen molar-refractivity contribution >= 4 is 11.5 Å². The van der Waals surface area contributed by atoms with E-state index in [4.69, 9.17) is 4.74 Å². The molecule has 0 aliphatic carbocycles. The molecule has 0 aromatic carbocycles. The molecule has 0 fully saturated rings. The van der Waals surface area contributed by atoms with Gasteiger partial charge in [-0.25, -0.2) is 0 Å². The zero-order chi connectivity index (χ0) is 8.93. The van der Waals surface area contributed by atoms with Gasteiger partial charge in [-0.2, -0.15) is 4.37 Å². The predicted molar refractivity (Wildman–Crippen MR) is 50.7 cm³/mol. The lowest BCUT2D eigenvalue weighted by molar-refractivity contribution is 0.302. The van der Waals surface area contributed by atoms with Gasteiger partial charge in [-0.3, -0.25) is 4.98 Å². The van der Waals surface area contributed by atoms with Crippen molar-refractivity contribution in [2.75, 3.05) is 0 Å². The second kappa shape index (κ2) is 4.00. The molecule has 0 aliphatic rings. The Kier molecular flexibility index (Phi) is 2.52. The van der Waals surface area contributed by atoms with Crippen LogP contribution in [0.25, 0.3) is 0 Å². The van der Waals surface area contributed by atoms with Crippen molar-refractivity contribution in [1.29, 1.82) is 0 Å². The van der Waals surface area contributed by atoms with Gasteiger partial charge in [0, 0.05) is 6.20 Å². The molecule has 0 spiro atoms. The summed E-state index contributed by atoms with van der Waals surface area (Å²) in [5.41, 5.74) is 0.925. The first kappa shape index (κ1) is 8.19. The molecule has 13 heavy (non-hydrogen) atoms. The summed E-state index contributed by atoms with van der Waals surface area (Å²) in [6.07, 6.45) is 3.46. The van der Waals surface area contributed by atoms with Gasteiger partial charge in [-0.1, -0.05) is 6.07 Å². The number of rotatable bonds is 3. The highest BCUT2D eigenvalue weighted by molar-refractivity contribution is 7.03. The highest BCUT2D eigenvalue weighted by atomic mass is 32.1. The van der Waals surface area contributed by atoms with Gasteiger partial charge < -0.3 is 4.74 Å². The second-order valence-corrected chi connectivity index (χ2v) is 3.13. The fourth-order valence-electron chi connectivity index (χ4n) is 0.907. The van der Waals surface area contributed by atoms with Gasteiger partial charge >= 0.3 is 0 Å². The second-order valence-electron chi connectivity index (χ2n) is 2.47. The molecule has 0 unspecified atom stereocenters. The monoisotopic (exact) mass is 192 g/mol. The van der Waals surface area contributed by atoms with Crippen molar-refractivity contribution in [2.24, 2.45) is 0 Å². The Labute approximate surface area is 80.2 Å². The maximum absolute atomic E-state index is 5.42. The molecule has 0 N–H and O–H groups in total. The number of nitrogens with zero attached hydrogens (tertiary/aromatic N) is 2. The van der Waals surface area contributed by atoms with Crippen LogP contribution >= 0.6 is 11.5 Å². The highest BCUT2D eigenvalue weighted by Gasteiger charge is 1.96. The van der Waals surface area contributed by atoms with Gasteiger partial charge in [0.2, 0.25) is 0 Å². The first-order chi connectivity index (χ1) is 6.45. The van der Waals surface area contributed by atoms with E-state index in [-0.39, 0.29) is 0 Å². The Morgan fingerprint density at radius 2 is 2.38 bits per heavy atom. The van der Waals surface area contributed by atoms with E-state index in [1.54, 1.807) is 12.4 Å². The Bertz CT molecular complexity index is 347. The zero-order valence-corrected chi connectivity index (χ0v) is 7.70. The summed E-state index contributed by atoms with van der Waals surface area (Å²) in [5.74, 6) is 0.802. The van der Waals surface area contributed by atoms with Gasteiger partial charge in [-0.05, 0) is 23.7 Å². The SMILES string of the molecule is c1ccc(COc2cnsc2)nc1. The largest absolute Gasteiger partial charge is 0.485 e. The third-order valence-corrected chi connectivity index (χ3v) is 2.09. The van der Waals surface area contributed by atoms with Gasteiger partial charge in [0.25, 0.3) is 0 Å². The first-order valence-electron chi connectivity index (χ1n) is 3.87.